The number of benzene rings is 2. The Kier molecular flexibility index (Phi) is 6.27. The average molecular weight is 452 g/mol. The maximum Gasteiger partial charge on any atom is 0.240 e. The second-order valence-electron chi connectivity index (χ2n) is 8.36. The number of rotatable bonds is 8. The van der Waals surface area contributed by atoms with Crippen LogP contribution >= 0.6 is 0 Å². The fourth-order valence-corrected chi connectivity index (χ4v) is 5.50. The Bertz CT molecular complexity index is 1270. The van der Waals surface area contributed by atoms with E-state index in [1.807, 2.05) is 39.0 Å². The van der Waals surface area contributed by atoms with Crippen molar-refractivity contribution in [3.05, 3.63) is 48.0 Å². The lowest BCUT2D eigenvalue weighted by Crippen LogP contribution is -2.31. The van der Waals surface area contributed by atoms with Gasteiger partial charge in [0.2, 0.25) is 10.0 Å². The lowest BCUT2D eigenvalue weighted by Gasteiger charge is -2.30. The van der Waals surface area contributed by atoms with E-state index in [1.165, 1.54) is 0 Å². The molecule has 1 saturated carbocycles. The number of hydrogen-bond acceptors (Lipinski definition) is 4. The molecule has 1 aliphatic carbocycles. The van der Waals surface area contributed by atoms with E-state index in [4.69, 9.17) is 4.74 Å². The maximum absolute atomic E-state index is 12.7. The summed E-state index contributed by atoms with van der Waals surface area (Å²) in [7, 11) is -3.58. The molecule has 1 unspecified atom stereocenters. The molecule has 3 aromatic rings. The Morgan fingerprint density at radius 1 is 1.19 bits per heavy atom. The summed E-state index contributed by atoms with van der Waals surface area (Å²) in [5.74, 6) is 0.784. The summed E-state index contributed by atoms with van der Waals surface area (Å²) >= 11 is 0. The van der Waals surface area contributed by atoms with Gasteiger partial charge in [-0.2, -0.15) is 5.26 Å². The molecular formula is C25H29N3O3S. The molecular weight excluding hydrogens is 422 g/mol. The van der Waals surface area contributed by atoms with Crippen molar-refractivity contribution in [2.24, 2.45) is 0 Å². The predicted octanol–water partition coefficient (Wildman–Crippen LogP) is 5.38. The number of nitrogens with zero attached hydrogens (tertiary/aromatic N) is 2. The molecule has 4 rings (SSSR count). The van der Waals surface area contributed by atoms with Gasteiger partial charge in [-0.05, 0) is 69.4 Å². The molecule has 1 atom stereocenters. The quantitative estimate of drug-likeness (QED) is 0.498. The van der Waals surface area contributed by atoms with Crippen molar-refractivity contribution in [2.75, 3.05) is 6.61 Å². The number of fused-ring (bicyclic) bond motifs is 1. The first-order chi connectivity index (χ1) is 15.4. The standard InChI is InChI=1S/C25H29N3O3S/c1-4-17(3)27-32(29,30)21-12-9-18(10-13-21)25-23(16-26)22-14-11-20(31-5-2)15-24(22)28(25)19-7-6-8-19/h9-15,17,19,27H,4-8H2,1-3H3. The molecule has 0 radical (unpaired) electrons. The minimum Gasteiger partial charge on any atom is -0.494 e. The highest BCUT2D eigenvalue weighted by atomic mass is 32.2. The number of nitrogens with one attached hydrogen (secondary N) is 1. The minimum atomic E-state index is -3.58. The molecule has 32 heavy (non-hydrogen) atoms. The van der Waals surface area contributed by atoms with E-state index in [1.54, 1.807) is 24.3 Å². The Morgan fingerprint density at radius 2 is 1.91 bits per heavy atom. The molecule has 0 amide bonds. The molecule has 0 saturated heterocycles. The highest BCUT2D eigenvalue weighted by Gasteiger charge is 2.28. The monoisotopic (exact) mass is 451 g/mol. The third kappa shape index (κ3) is 4.01. The largest absolute Gasteiger partial charge is 0.494 e. The Balaban J connectivity index is 1.84. The highest BCUT2D eigenvalue weighted by Crippen LogP contribution is 2.43. The van der Waals surface area contributed by atoms with Crippen molar-refractivity contribution in [3.8, 4) is 23.1 Å². The van der Waals surface area contributed by atoms with Crippen LogP contribution in [-0.2, 0) is 10.0 Å². The zero-order valence-corrected chi connectivity index (χ0v) is 19.6. The van der Waals surface area contributed by atoms with Gasteiger partial charge in [-0.25, -0.2) is 13.1 Å². The van der Waals surface area contributed by atoms with Crippen LogP contribution in [0.5, 0.6) is 5.75 Å². The van der Waals surface area contributed by atoms with Gasteiger partial charge in [0.05, 0.1) is 28.3 Å². The SMILES string of the molecule is CCOc1ccc2c(C#N)c(-c3ccc(S(=O)(=O)NC(C)CC)cc3)n(C3CCC3)c2c1. The first-order valence-corrected chi connectivity index (χ1v) is 12.7. The van der Waals surface area contributed by atoms with Gasteiger partial charge in [0.15, 0.2) is 0 Å². The fraction of sp³-hybridized carbons (Fsp3) is 0.400. The van der Waals surface area contributed by atoms with Gasteiger partial charge in [0, 0.05) is 23.5 Å². The molecule has 2 aromatic carbocycles. The van der Waals surface area contributed by atoms with E-state index in [2.05, 4.69) is 15.4 Å². The second kappa shape index (κ2) is 8.97. The van der Waals surface area contributed by atoms with Crippen molar-refractivity contribution in [1.29, 1.82) is 5.26 Å². The van der Waals surface area contributed by atoms with Crippen LogP contribution < -0.4 is 9.46 Å². The van der Waals surface area contributed by atoms with E-state index in [0.29, 0.717) is 24.6 Å². The molecule has 1 fully saturated rings. The van der Waals surface area contributed by atoms with E-state index < -0.39 is 10.0 Å². The van der Waals surface area contributed by atoms with Crippen LogP contribution in [0.1, 0.15) is 58.1 Å². The van der Waals surface area contributed by atoms with E-state index in [9.17, 15) is 13.7 Å². The first kappa shape index (κ1) is 22.4. The highest BCUT2D eigenvalue weighted by molar-refractivity contribution is 7.89. The smallest absolute Gasteiger partial charge is 0.240 e. The van der Waals surface area contributed by atoms with Crippen LogP contribution in [0.4, 0.5) is 0 Å². The summed E-state index contributed by atoms with van der Waals surface area (Å²) in [6.45, 7) is 6.32. The zero-order chi connectivity index (χ0) is 22.9. The first-order valence-electron chi connectivity index (χ1n) is 11.2. The summed E-state index contributed by atoms with van der Waals surface area (Å²) in [5, 5.41) is 10.9. The topological polar surface area (TPSA) is 84.1 Å². The van der Waals surface area contributed by atoms with Gasteiger partial charge in [0.1, 0.15) is 11.8 Å². The molecule has 7 heteroatoms. The maximum atomic E-state index is 12.7. The van der Waals surface area contributed by atoms with Gasteiger partial charge >= 0.3 is 0 Å². The summed E-state index contributed by atoms with van der Waals surface area (Å²) in [4.78, 5) is 0.227. The van der Waals surface area contributed by atoms with E-state index in [0.717, 1.165) is 47.2 Å². The van der Waals surface area contributed by atoms with Gasteiger partial charge < -0.3 is 9.30 Å². The Labute approximate surface area is 189 Å². The van der Waals surface area contributed by atoms with Crippen molar-refractivity contribution in [1.82, 2.24) is 9.29 Å². The molecule has 0 bridgehead atoms. The Hall–Kier alpha value is -2.82. The molecule has 1 aromatic heterocycles. The normalized spacial score (nSPS) is 15.3. The summed E-state index contributed by atoms with van der Waals surface area (Å²) in [6.07, 6.45) is 4.00. The van der Waals surface area contributed by atoms with Gasteiger partial charge in [-0.15, -0.1) is 0 Å². The summed E-state index contributed by atoms with van der Waals surface area (Å²) in [6, 6.07) is 15.3. The van der Waals surface area contributed by atoms with Crippen molar-refractivity contribution in [2.45, 2.75) is 63.4 Å². The predicted molar refractivity (Wildman–Crippen MR) is 126 cm³/mol. The van der Waals surface area contributed by atoms with Crippen LogP contribution in [0.2, 0.25) is 0 Å². The average Bonchev–Trinajstić information content (AvgIpc) is 3.06. The summed E-state index contributed by atoms with van der Waals surface area (Å²) < 4.78 is 36.0. The van der Waals surface area contributed by atoms with Crippen molar-refractivity contribution >= 4 is 20.9 Å². The molecule has 0 aliphatic heterocycles. The number of ether oxygens (including phenoxy) is 1. The van der Waals surface area contributed by atoms with Crippen molar-refractivity contribution in [3.63, 3.8) is 0 Å². The molecule has 1 N–H and O–H groups in total. The van der Waals surface area contributed by atoms with Gasteiger partial charge in [-0.1, -0.05) is 19.1 Å². The van der Waals surface area contributed by atoms with Crippen LogP contribution in [0.3, 0.4) is 0 Å². The van der Waals surface area contributed by atoms with Crippen LogP contribution in [0.15, 0.2) is 47.4 Å². The second-order valence-corrected chi connectivity index (χ2v) is 10.1. The number of sulfonamides is 1. The van der Waals surface area contributed by atoms with Gasteiger partial charge in [0.25, 0.3) is 0 Å². The third-order valence-corrected chi connectivity index (χ3v) is 7.85. The minimum absolute atomic E-state index is 0.134. The number of aromatic nitrogens is 1. The Morgan fingerprint density at radius 3 is 2.47 bits per heavy atom. The number of hydrogen-bond donors (Lipinski definition) is 1. The van der Waals surface area contributed by atoms with Gasteiger partial charge in [-0.3, -0.25) is 0 Å². The summed E-state index contributed by atoms with van der Waals surface area (Å²) in [5.41, 5.74) is 3.29. The third-order valence-electron chi connectivity index (χ3n) is 6.25. The fourth-order valence-electron chi connectivity index (χ4n) is 4.18. The van der Waals surface area contributed by atoms with Crippen molar-refractivity contribution < 1.29 is 13.2 Å². The zero-order valence-electron chi connectivity index (χ0n) is 18.8. The molecule has 6 nitrogen and oxygen atoms in total. The van der Waals surface area contributed by atoms with Crippen LogP contribution in [0, 0.1) is 11.3 Å². The molecule has 1 heterocycles. The van der Waals surface area contributed by atoms with Crippen LogP contribution in [-0.4, -0.2) is 25.6 Å². The molecule has 168 valence electrons. The van der Waals surface area contributed by atoms with E-state index >= 15 is 0 Å². The van der Waals surface area contributed by atoms with Crippen LogP contribution in [0.25, 0.3) is 22.2 Å². The lowest BCUT2D eigenvalue weighted by molar-refractivity contribution is 0.322. The molecule has 0 spiro atoms. The lowest BCUT2D eigenvalue weighted by atomic mass is 9.92. The number of nitriles is 1. The van der Waals surface area contributed by atoms with E-state index in [-0.39, 0.29) is 10.9 Å². The molecule has 1 aliphatic rings.